The van der Waals surface area contributed by atoms with Crippen LogP contribution in [0.2, 0.25) is 5.02 Å². The van der Waals surface area contributed by atoms with E-state index in [1.54, 1.807) is 44.2 Å². The van der Waals surface area contributed by atoms with Crippen molar-refractivity contribution < 1.29 is 14.3 Å². The summed E-state index contributed by atoms with van der Waals surface area (Å²) in [6.07, 6.45) is 0. The van der Waals surface area contributed by atoms with Gasteiger partial charge in [0.25, 0.3) is 0 Å². The molecule has 2 aromatic carbocycles. The predicted molar refractivity (Wildman–Crippen MR) is 110 cm³/mol. The Bertz CT molecular complexity index is 833. The SMILES string of the molecule is COc1ccc(NC(=O)C(C)(C)C(=O)Nc2ccc(N(C)C)cc2)cc1Cl. The molecule has 0 unspecified atom stereocenters. The van der Waals surface area contributed by atoms with Crippen molar-refractivity contribution in [1.29, 1.82) is 0 Å². The number of nitrogens with zero attached hydrogens (tertiary/aromatic N) is 1. The first kappa shape index (κ1) is 20.6. The average molecular weight is 390 g/mol. The third-order valence-electron chi connectivity index (χ3n) is 4.19. The van der Waals surface area contributed by atoms with Crippen LogP contribution in [0, 0.1) is 5.41 Å². The Hall–Kier alpha value is -2.73. The van der Waals surface area contributed by atoms with Crippen LogP contribution in [0.25, 0.3) is 0 Å². The lowest BCUT2D eigenvalue weighted by atomic mass is 9.90. The quantitative estimate of drug-likeness (QED) is 0.732. The Morgan fingerprint density at radius 2 is 1.48 bits per heavy atom. The highest BCUT2D eigenvalue weighted by molar-refractivity contribution is 6.32. The van der Waals surface area contributed by atoms with Crippen LogP contribution in [0.15, 0.2) is 42.5 Å². The lowest BCUT2D eigenvalue weighted by molar-refractivity contribution is -0.135. The molecule has 144 valence electrons. The molecule has 0 bridgehead atoms. The minimum atomic E-state index is -1.29. The first-order valence-electron chi connectivity index (χ1n) is 8.39. The number of carbonyl (C=O) groups excluding carboxylic acids is 2. The summed E-state index contributed by atoms with van der Waals surface area (Å²) >= 11 is 6.07. The van der Waals surface area contributed by atoms with Gasteiger partial charge in [-0.05, 0) is 56.3 Å². The van der Waals surface area contributed by atoms with Gasteiger partial charge in [0.1, 0.15) is 11.2 Å². The standard InChI is InChI=1S/C20H24ClN3O3/c1-20(2,18(25)22-13-6-9-15(10-7-13)24(3)4)19(26)23-14-8-11-17(27-5)16(21)12-14/h6-12H,1-5H3,(H,22,25)(H,23,26). The molecule has 2 rings (SSSR count). The van der Waals surface area contributed by atoms with Gasteiger partial charge < -0.3 is 20.3 Å². The highest BCUT2D eigenvalue weighted by atomic mass is 35.5. The van der Waals surface area contributed by atoms with E-state index in [9.17, 15) is 9.59 Å². The van der Waals surface area contributed by atoms with Crippen molar-refractivity contribution in [3.63, 3.8) is 0 Å². The fraction of sp³-hybridized carbons (Fsp3) is 0.300. The second-order valence-electron chi connectivity index (χ2n) is 6.82. The Kier molecular flexibility index (Phi) is 6.33. The molecule has 0 saturated carbocycles. The maximum Gasteiger partial charge on any atom is 0.239 e. The van der Waals surface area contributed by atoms with E-state index in [0.717, 1.165) is 5.69 Å². The van der Waals surface area contributed by atoms with E-state index in [4.69, 9.17) is 16.3 Å². The zero-order valence-electron chi connectivity index (χ0n) is 16.1. The van der Waals surface area contributed by atoms with Gasteiger partial charge in [0, 0.05) is 31.2 Å². The summed E-state index contributed by atoms with van der Waals surface area (Å²) in [4.78, 5) is 27.2. The number of benzene rings is 2. The molecule has 2 amide bonds. The van der Waals surface area contributed by atoms with E-state index < -0.39 is 17.2 Å². The topological polar surface area (TPSA) is 70.7 Å². The van der Waals surface area contributed by atoms with Gasteiger partial charge in [0.05, 0.1) is 12.1 Å². The largest absolute Gasteiger partial charge is 0.495 e. The molecule has 0 saturated heterocycles. The first-order valence-corrected chi connectivity index (χ1v) is 8.77. The molecule has 0 heterocycles. The molecule has 0 fully saturated rings. The van der Waals surface area contributed by atoms with E-state index in [2.05, 4.69) is 10.6 Å². The summed E-state index contributed by atoms with van der Waals surface area (Å²) in [6.45, 7) is 3.13. The molecule has 0 atom stereocenters. The number of hydrogen-bond donors (Lipinski definition) is 2. The Morgan fingerprint density at radius 1 is 0.963 bits per heavy atom. The Morgan fingerprint density at radius 3 is 1.96 bits per heavy atom. The minimum Gasteiger partial charge on any atom is -0.495 e. The molecule has 0 aliphatic rings. The van der Waals surface area contributed by atoms with Gasteiger partial charge in [-0.1, -0.05) is 11.6 Å². The van der Waals surface area contributed by atoms with E-state index in [1.807, 2.05) is 31.1 Å². The zero-order chi connectivity index (χ0) is 20.2. The zero-order valence-corrected chi connectivity index (χ0v) is 16.8. The van der Waals surface area contributed by atoms with Crippen LogP contribution in [-0.2, 0) is 9.59 Å². The average Bonchev–Trinajstić information content (AvgIpc) is 2.62. The first-order chi connectivity index (χ1) is 12.6. The maximum absolute atomic E-state index is 12.6. The van der Waals surface area contributed by atoms with Crippen LogP contribution in [0.1, 0.15) is 13.8 Å². The van der Waals surface area contributed by atoms with Gasteiger partial charge in [-0.25, -0.2) is 0 Å². The van der Waals surface area contributed by atoms with Gasteiger partial charge in [-0.15, -0.1) is 0 Å². The van der Waals surface area contributed by atoms with Gasteiger partial charge >= 0.3 is 0 Å². The summed E-state index contributed by atoms with van der Waals surface area (Å²) in [5, 5.41) is 5.87. The summed E-state index contributed by atoms with van der Waals surface area (Å²) in [6, 6.07) is 12.3. The lowest BCUT2D eigenvalue weighted by Crippen LogP contribution is -2.41. The molecule has 0 aliphatic carbocycles. The van der Waals surface area contributed by atoms with Crippen LogP contribution < -0.4 is 20.3 Å². The second-order valence-corrected chi connectivity index (χ2v) is 7.23. The summed E-state index contributed by atoms with van der Waals surface area (Å²) in [5.41, 5.74) is 0.842. The van der Waals surface area contributed by atoms with Crippen molar-refractivity contribution >= 4 is 40.5 Å². The molecular formula is C20H24ClN3O3. The molecule has 7 heteroatoms. The van der Waals surface area contributed by atoms with Crippen LogP contribution in [-0.4, -0.2) is 33.0 Å². The van der Waals surface area contributed by atoms with E-state index in [1.165, 1.54) is 7.11 Å². The van der Waals surface area contributed by atoms with Crippen molar-refractivity contribution in [1.82, 2.24) is 0 Å². The number of anilines is 3. The normalized spacial score (nSPS) is 10.9. The molecular weight excluding hydrogens is 366 g/mol. The Labute approximate surface area is 164 Å². The fourth-order valence-corrected chi connectivity index (χ4v) is 2.52. The summed E-state index contributed by atoms with van der Waals surface area (Å²) in [7, 11) is 5.39. The highest BCUT2D eigenvalue weighted by Gasteiger charge is 2.36. The molecule has 2 aromatic rings. The van der Waals surface area contributed by atoms with Crippen molar-refractivity contribution in [3.05, 3.63) is 47.5 Å². The Balaban J connectivity index is 2.07. The molecule has 2 N–H and O–H groups in total. The smallest absolute Gasteiger partial charge is 0.239 e. The summed E-state index contributed by atoms with van der Waals surface area (Å²) < 4.78 is 5.09. The maximum atomic E-state index is 12.6. The third-order valence-corrected chi connectivity index (χ3v) is 4.48. The van der Waals surface area contributed by atoms with Gasteiger partial charge in [-0.3, -0.25) is 9.59 Å². The number of carbonyl (C=O) groups is 2. The van der Waals surface area contributed by atoms with E-state index in [0.29, 0.717) is 22.1 Å². The minimum absolute atomic E-state index is 0.374. The van der Waals surface area contributed by atoms with Crippen LogP contribution in [0.3, 0.4) is 0 Å². The van der Waals surface area contributed by atoms with Crippen molar-refractivity contribution in [2.45, 2.75) is 13.8 Å². The molecule has 0 aromatic heterocycles. The van der Waals surface area contributed by atoms with Crippen LogP contribution >= 0.6 is 11.6 Å². The van der Waals surface area contributed by atoms with E-state index in [-0.39, 0.29) is 0 Å². The third kappa shape index (κ3) is 4.92. The molecule has 0 aliphatic heterocycles. The summed E-state index contributed by atoms with van der Waals surface area (Å²) in [5.74, 6) is -0.337. The van der Waals surface area contributed by atoms with Gasteiger partial charge in [0.2, 0.25) is 11.8 Å². The molecule has 6 nitrogen and oxygen atoms in total. The number of ether oxygens (including phenoxy) is 1. The van der Waals surface area contributed by atoms with Crippen molar-refractivity contribution in [3.8, 4) is 5.75 Å². The number of nitrogens with one attached hydrogen (secondary N) is 2. The number of methoxy groups -OCH3 is 1. The van der Waals surface area contributed by atoms with Crippen LogP contribution in [0.5, 0.6) is 5.75 Å². The fourth-order valence-electron chi connectivity index (χ4n) is 2.26. The predicted octanol–water partition coefficient (Wildman–Crippen LogP) is 4.02. The number of hydrogen-bond acceptors (Lipinski definition) is 4. The molecule has 0 radical (unpaired) electrons. The molecule has 27 heavy (non-hydrogen) atoms. The highest BCUT2D eigenvalue weighted by Crippen LogP contribution is 2.29. The van der Waals surface area contributed by atoms with Gasteiger partial charge in [0.15, 0.2) is 0 Å². The van der Waals surface area contributed by atoms with Crippen molar-refractivity contribution in [2.75, 3.05) is 36.7 Å². The van der Waals surface area contributed by atoms with Crippen LogP contribution in [0.4, 0.5) is 17.1 Å². The van der Waals surface area contributed by atoms with E-state index >= 15 is 0 Å². The number of amides is 2. The molecule has 0 spiro atoms. The van der Waals surface area contributed by atoms with Crippen molar-refractivity contribution in [2.24, 2.45) is 5.41 Å². The monoisotopic (exact) mass is 389 g/mol. The second kappa shape index (κ2) is 8.31. The number of halogens is 1. The lowest BCUT2D eigenvalue weighted by Gasteiger charge is -2.23. The number of rotatable bonds is 6. The van der Waals surface area contributed by atoms with Gasteiger partial charge in [-0.2, -0.15) is 0 Å².